The third-order valence-electron chi connectivity index (χ3n) is 2.53. The van der Waals surface area contributed by atoms with Crippen LogP contribution in [-0.4, -0.2) is 37.1 Å². The molecule has 1 aromatic rings. The minimum absolute atomic E-state index is 0.770. The first-order chi connectivity index (χ1) is 7.86. The maximum Gasteiger partial charge on any atom is 0.166 e. The van der Waals surface area contributed by atoms with E-state index in [9.17, 15) is 0 Å². The van der Waals surface area contributed by atoms with E-state index < -0.39 is 0 Å². The predicted octanol–water partition coefficient (Wildman–Crippen LogP) is 2.38. The van der Waals surface area contributed by atoms with Crippen molar-refractivity contribution in [2.24, 2.45) is 0 Å². The predicted molar refractivity (Wildman–Crippen MR) is 67.1 cm³/mol. The molecule has 1 aromatic carbocycles. The van der Waals surface area contributed by atoms with Crippen LogP contribution in [0.15, 0.2) is 36.4 Å². The van der Waals surface area contributed by atoms with Crippen molar-refractivity contribution < 1.29 is 9.31 Å². The third-order valence-corrected chi connectivity index (χ3v) is 2.87. The van der Waals surface area contributed by atoms with Gasteiger partial charge in [0.25, 0.3) is 0 Å². The minimum atomic E-state index is 0.770. The van der Waals surface area contributed by atoms with Crippen molar-refractivity contribution >= 4 is 22.8 Å². The molecule has 1 heterocycles. The van der Waals surface area contributed by atoms with Crippen LogP contribution in [0.3, 0.4) is 0 Å². The Bertz CT molecular complexity index is 390. The van der Waals surface area contributed by atoms with Crippen molar-refractivity contribution in [2.45, 2.75) is 0 Å². The fraction of sp³-hybridized carbons (Fsp3) is 0.308. The van der Waals surface area contributed by atoms with Crippen LogP contribution in [0.2, 0.25) is 0 Å². The van der Waals surface area contributed by atoms with E-state index in [1.165, 1.54) is 0 Å². The highest BCUT2D eigenvalue weighted by atomic mass is 35.5. The van der Waals surface area contributed by atoms with Crippen LogP contribution in [0, 0.1) is 0 Å². The zero-order valence-corrected chi connectivity index (χ0v) is 9.86. The first kappa shape index (κ1) is 11.4. The van der Waals surface area contributed by atoms with Gasteiger partial charge in [-0.05, 0) is 5.56 Å². The molecule has 1 fully saturated rings. The lowest BCUT2D eigenvalue weighted by Gasteiger charge is -2.09. The monoisotopic (exact) mass is 236 g/mol. The van der Waals surface area contributed by atoms with Crippen molar-refractivity contribution in [1.82, 2.24) is 0 Å². The maximum atomic E-state index is 6.20. The van der Waals surface area contributed by atoms with Gasteiger partial charge in [-0.3, -0.25) is 0 Å². The first-order valence-corrected chi connectivity index (χ1v) is 5.82. The number of benzene rings is 1. The molecule has 16 heavy (non-hydrogen) atoms. The van der Waals surface area contributed by atoms with E-state index in [1.54, 1.807) is 0 Å². The first-order valence-electron chi connectivity index (χ1n) is 5.44. The summed E-state index contributed by atoms with van der Waals surface area (Å²) in [6.45, 7) is 3.48. The summed E-state index contributed by atoms with van der Waals surface area (Å²) in [5, 5.41) is 0.770. The molecule has 0 amide bonds. The molecule has 0 bridgehead atoms. The van der Waals surface area contributed by atoms with Gasteiger partial charge in [0.1, 0.15) is 13.2 Å². The van der Waals surface area contributed by atoms with Gasteiger partial charge in [-0.25, -0.2) is 4.58 Å². The van der Waals surface area contributed by atoms with Crippen LogP contribution in [0.25, 0.3) is 5.03 Å². The van der Waals surface area contributed by atoms with Crippen LogP contribution in [-0.2, 0) is 4.74 Å². The smallest absolute Gasteiger partial charge is 0.166 e. The van der Waals surface area contributed by atoms with Crippen molar-refractivity contribution in [1.29, 1.82) is 0 Å². The molecule has 2 rings (SSSR count). The average Bonchev–Trinajstić information content (AvgIpc) is 2.38. The molecule has 1 aliphatic rings. The van der Waals surface area contributed by atoms with Crippen LogP contribution >= 0.6 is 11.6 Å². The summed E-state index contributed by atoms with van der Waals surface area (Å²) >= 11 is 6.20. The Morgan fingerprint density at radius 1 is 1.19 bits per heavy atom. The quantitative estimate of drug-likeness (QED) is 0.719. The van der Waals surface area contributed by atoms with Gasteiger partial charge in [0.2, 0.25) is 0 Å². The lowest BCUT2D eigenvalue weighted by Crippen LogP contribution is -2.28. The summed E-state index contributed by atoms with van der Waals surface area (Å²) < 4.78 is 7.49. The van der Waals surface area contributed by atoms with Gasteiger partial charge in [-0.1, -0.05) is 41.9 Å². The van der Waals surface area contributed by atoms with E-state index in [0.29, 0.717) is 0 Å². The molecule has 0 unspecified atom stereocenters. The van der Waals surface area contributed by atoms with Crippen molar-refractivity contribution in [3.63, 3.8) is 0 Å². The molecule has 0 saturated carbocycles. The van der Waals surface area contributed by atoms with Gasteiger partial charge in [0, 0.05) is 6.08 Å². The van der Waals surface area contributed by atoms with Crippen LogP contribution < -0.4 is 0 Å². The van der Waals surface area contributed by atoms with Gasteiger partial charge in [0.15, 0.2) is 19.3 Å². The molecule has 3 heteroatoms. The summed E-state index contributed by atoms with van der Waals surface area (Å²) in [5.41, 5.74) is 1.05. The van der Waals surface area contributed by atoms with Gasteiger partial charge in [0.05, 0.1) is 5.03 Å². The molecule has 0 radical (unpaired) electrons. The molecule has 0 spiro atoms. The standard InChI is InChI=1S/C13H15ClNO/c14-13(12-4-2-1-3-5-12)6-7-15-8-10-16-11-9-15/h1-7H,8-11H2/q+1. The highest BCUT2D eigenvalue weighted by molar-refractivity contribution is 6.49. The van der Waals surface area contributed by atoms with Gasteiger partial charge in [-0.2, -0.15) is 0 Å². The topological polar surface area (TPSA) is 12.2 Å². The molecule has 0 N–H and O–H groups in total. The molecular formula is C13H15ClNO+. The number of hydrogen-bond donors (Lipinski definition) is 0. The summed E-state index contributed by atoms with van der Waals surface area (Å²) in [4.78, 5) is 0. The number of nitrogens with zero attached hydrogens (tertiary/aromatic N) is 1. The normalized spacial score (nSPS) is 17.3. The van der Waals surface area contributed by atoms with Crippen LogP contribution in [0.1, 0.15) is 5.56 Å². The van der Waals surface area contributed by atoms with Crippen molar-refractivity contribution in [3.05, 3.63) is 42.0 Å². The van der Waals surface area contributed by atoms with Gasteiger partial charge < -0.3 is 4.74 Å². The molecule has 0 aromatic heterocycles. The lowest BCUT2D eigenvalue weighted by atomic mass is 10.2. The number of allylic oxidation sites excluding steroid dienone is 1. The number of halogens is 1. The second-order valence-corrected chi connectivity index (χ2v) is 4.09. The molecular weight excluding hydrogens is 222 g/mol. The average molecular weight is 237 g/mol. The second-order valence-electron chi connectivity index (χ2n) is 3.68. The van der Waals surface area contributed by atoms with E-state index in [0.717, 1.165) is 36.9 Å². The molecule has 1 aliphatic heterocycles. The minimum Gasteiger partial charge on any atom is -0.368 e. The summed E-state index contributed by atoms with van der Waals surface area (Å²) in [7, 11) is 0. The zero-order valence-electron chi connectivity index (χ0n) is 9.10. The van der Waals surface area contributed by atoms with Gasteiger partial charge in [-0.15, -0.1) is 0 Å². The molecule has 0 aliphatic carbocycles. The van der Waals surface area contributed by atoms with Crippen LogP contribution in [0.5, 0.6) is 0 Å². The Morgan fingerprint density at radius 3 is 2.56 bits per heavy atom. The van der Waals surface area contributed by atoms with E-state index in [-0.39, 0.29) is 0 Å². The largest absolute Gasteiger partial charge is 0.368 e. The van der Waals surface area contributed by atoms with Gasteiger partial charge >= 0.3 is 0 Å². The molecule has 0 atom stereocenters. The summed E-state index contributed by atoms with van der Waals surface area (Å²) in [6.07, 6.45) is 3.99. The van der Waals surface area contributed by atoms with Crippen molar-refractivity contribution in [3.8, 4) is 0 Å². The summed E-state index contributed by atoms with van der Waals surface area (Å²) in [6, 6.07) is 9.97. The molecule has 84 valence electrons. The highest BCUT2D eigenvalue weighted by Crippen LogP contribution is 2.16. The van der Waals surface area contributed by atoms with E-state index >= 15 is 0 Å². The van der Waals surface area contributed by atoms with Crippen LogP contribution in [0.4, 0.5) is 0 Å². The number of rotatable bonds is 2. The summed E-state index contributed by atoms with van der Waals surface area (Å²) in [5.74, 6) is 0. The van der Waals surface area contributed by atoms with E-state index in [1.807, 2.05) is 42.6 Å². The number of morpholine rings is 1. The SMILES string of the molecule is ClC(=CC=[N+]1CCOCC1)c1ccccc1. The Morgan fingerprint density at radius 2 is 1.88 bits per heavy atom. The Balaban J connectivity index is 2.06. The Labute approximate surface area is 101 Å². The number of hydrogen-bond acceptors (Lipinski definition) is 1. The fourth-order valence-electron chi connectivity index (χ4n) is 1.59. The highest BCUT2D eigenvalue weighted by Gasteiger charge is 2.09. The van der Waals surface area contributed by atoms with Crippen molar-refractivity contribution in [2.75, 3.05) is 26.3 Å². The van der Waals surface area contributed by atoms with E-state index in [2.05, 4.69) is 4.58 Å². The number of ether oxygens (including phenoxy) is 1. The molecule has 1 saturated heterocycles. The molecule has 2 nitrogen and oxygen atoms in total. The third kappa shape index (κ3) is 3.19. The lowest BCUT2D eigenvalue weighted by molar-refractivity contribution is -0.544. The van der Waals surface area contributed by atoms with E-state index in [4.69, 9.17) is 16.3 Å². The maximum absolute atomic E-state index is 6.20. The Kier molecular flexibility index (Phi) is 4.14. The fourth-order valence-corrected chi connectivity index (χ4v) is 1.77. The second kappa shape index (κ2) is 5.83. The Hall–Kier alpha value is -1.12. The zero-order chi connectivity index (χ0) is 11.2.